The number of halogens is 2. The van der Waals surface area contributed by atoms with Crippen LogP contribution in [-0.4, -0.2) is 105 Å². The minimum atomic E-state index is -3.45. The largest absolute Gasteiger partial charge is 0.467 e. The first-order valence-electron chi connectivity index (χ1n) is 22.6. The second-order valence-corrected chi connectivity index (χ2v) is 19.2. The van der Waals surface area contributed by atoms with E-state index in [0.29, 0.717) is 21.8 Å². The third-order valence-electron chi connectivity index (χ3n) is 12.4. The molecule has 2 bridgehead atoms. The van der Waals surface area contributed by atoms with E-state index in [0.717, 1.165) is 39.4 Å². The Hall–Kier alpha value is -5.69. The molecule has 0 aromatic heterocycles. The van der Waals surface area contributed by atoms with Crippen molar-refractivity contribution in [1.82, 2.24) is 0 Å². The molecule has 10 atom stereocenters. The number of carbonyl (C=O) groups excluding carboxylic acids is 7. The van der Waals surface area contributed by atoms with Crippen LogP contribution in [0.1, 0.15) is 86.6 Å². The van der Waals surface area contributed by atoms with Crippen LogP contribution < -0.4 is 0 Å². The minimum absolute atomic E-state index is 0.0461. The maximum absolute atomic E-state index is 15.1. The van der Waals surface area contributed by atoms with E-state index in [1.807, 2.05) is 51.1 Å². The lowest BCUT2D eigenvalue weighted by Crippen LogP contribution is -2.79. The zero-order chi connectivity index (χ0) is 51.6. The Balaban J connectivity index is 1.80. The van der Waals surface area contributed by atoms with Crippen molar-refractivity contribution in [3.63, 3.8) is 0 Å². The highest BCUT2D eigenvalue weighted by atomic mass is 79.9. The molecule has 4 unspecified atom stereocenters. The van der Waals surface area contributed by atoms with Gasteiger partial charge in [0.25, 0.3) is 11.2 Å². The van der Waals surface area contributed by atoms with Gasteiger partial charge in [-0.3, -0.25) is 4.79 Å². The fraction of sp³-hybridized carbons (Fsp3) is 0.442. The number of benzene rings is 3. The highest BCUT2D eigenvalue weighted by Crippen LogP contribution is 2.59. The van der Waals surface area contributed by atoms with Crippen LogP contribution in [-0.2, 0) is 73.0 Å². The first-order chi connectivity index (χ1) is 33.2. The Bertz CT molecular complexity index is 2420. The number of hydrogen-bond donors (Lipinski definition) is 0. The van der Waals surface area contributed by atoms with Gasteiger partial charge in [0.05, 0.1) is 32.5 Å². The van der Waals surface area contributed by atoms with Gasteiger partial charge in [0, 0.05) is 34.3 Å². The average molecular weight is 1100 g/mol. The number of rotatable bonds is 21. The molecule has 2 aliphatic heterocycles. The standard InChI is InChI=1S/C52H58Br2O16/c1-10-30(2)28-31(3)16-25-40(56)66-43-42(67-45(57)36-17-21-38(53)22-18-36)50(27-26-32(4)41(65-34(6)55)33(5)29-35-14-12-11-13-15-35)68-44(47(59)62-7)51(48(60)63-8,52(43,70-50)49(61)64-9)69-46(58)37-19-23-39(54)24-20-37/h11-25,30-31,33,41-44H,4,10,26-29H2,1-3,5-9H3/b25-16+/t30?,31?,33?,41?,42-,43-,44-,50+,51-,52+/m1/s1. The van der Waals surface area contributed by atoms with Crippen molar-refractivity contribution >= 4 is 73.6 Å². The van der Waals surface area contributed by atoms with Crippen LogP contribution in [0.5, 0.6) is 0 Å². The van der Waals surface area contributed by atoms with Crippen molar-refractivity contribution in [3.8, 4) is 0 Å². The molecule has 376 valence electrons. The number of methoxy groups -OCH3 is 3. The van der Waals surface area contributed by atoms with Crippen LogP contribution >= 0.6 is 31.9 Å². The van der Waals surface area contributed by atoms with Crippen molar-refractivity contribution in [2.75, 3.05) is 21.3 Å². The summed E-state index contributed by atoms with van der Waals surface area (Å²) in [5.74, 6) is -11.6. The van der Waals surface area contributed by atoms with Gasteiger partial charge in [0.15, 0.2) is 12.2 Å². The van der Waals surface area contributed by atoms with E-state index in [1.54, 1.807) is 18.2 Å². The molecule has 0 spiro atoms. The summed E-state index contributed by atoms with van der Waals surface area (Å²) in [6.07, 6.45) is -4.06. The first-order valence-corrected chi connectivity index (χ1v) is 24.2. The van der Waals surface area contributed by atoms with Gasteiger partial charge in [0.2, 0.25) is 11.9 Å². The number of hydrogen-bond acceptors (Lipinski definition) is 16. The molecule has 0 saturated carbocycles. The van der Waals surface area contributed by atoms with E-state index < -0.39 is 89.6 Å². The summed E-state index contributed by atoms with van der Waals surface area (Å²) in [5.41, 5.74) is -5.80. The van der Waals surface area contributed by atoms with Crippen LogP contribution in [0.4, 0.5) is 0 Å². The van der Waals surface area contributed by atoms with E-state index in [2.05, 4.69) is 45.4 Å². The first kappa shape index (κ1) is 55.2. The van der Waals surface area contributed by atoms with E-state index >= 15 is 4.79 Å². The lowest BCUT2D eigenvalue weighted by molar-refractivity contribution is -0.373. The predicted octanol–water partition coefficient (Wildman–Crippen LogP) is 8.40. The van der Waals surface area contributed by atoms with E-state index in [-0.39, 0.29) is 40.9 Å². The van der Waals surface area contributed by atoms with E-state index in [4.69, 9.17) is 42.6 Å². The summed E-state index contributed by atoms with van der Waals surface area (Å²) in [7, 11) is 2.71. The Kier molecular flexibility index (Phi) is 18.9. The third-order valence-corrected chi connectivity index (χ3v) is 13.5. The summed E-state index contributed by atoms with van der Waals surface area (Å²) >= 11 is 6.66. The highest BCUT2D eigenvalue weighted by Gasteiger charge is 2.89. The van der Waals surface area contributed by atoms with Gasteiger partial charge < -0.3 is 42.6 Å². The number of ether oxygens (including phenoxy) is 9. The topological polar surface area (TPSA) is 203 Å². The molecular formula is C52H58Br2O16. The second kappa shape index (κ2) is 23.9. The van der Waals surface area contributed by atoms with Gasteiger partial charge in [-0.05, 0) is 90.8 Å². The van der Waals surface area contributed by atoms with Crippen molar-refractivity contribution < 1.29 is 76.2 Å². The summed E-state index contributed by atoms with van der Waals surface area (Å²) in [6, 6.07) is 21.0. The summed E-state index contributed by atoms with van der Waals surface area (Å²) in [6.45, 7) is 13.3. The molecule has 0 aliphatic carbocycles. The van der Waals surface area contributed by atoms with E-state index in [9.17, 15) is 28.8 Å². The molecule has 0 radical (unpaired) electrons. The van der Waals surface area contributed by atoms with Gasteiger partial charge in [-0.25, -0.2) is 28.8 Å². The predicted molar refractivity (Wildman–Crippen MR) is 259 cm³/mol. The monoisotopic (exact) mass is 1100 g/mol. The third kappa shape index (κ3) is 11.9. The van der Waals surface area contributed by atoms with Crippen LogP contribution in [0.15, 0.2) is 112 Å². The zero-order valence-corrected chi connectivity index (χ0v) is 43.4. The van der Waals surface area contributed by atoms with Gasteiger partial charge >= 0.3 is 41.8 Å². The average Bonchev–Trinajstić information content (AvgIpc) is 3.57. The normalized spacial score (nSPS) is 24.2. The summed E-state index contributed by atoms with van der Waals surface area (Å²) < 4.78 is 54.7. The zero-order valence-electron chi connectivity index (χ0n) is 40.2. The highest BCUT2D eigenvalue weighted by molar-refractivity contribution is 9.10. The van der Waals surface area contributed by atoms with E-state index in [1.165, 1.54) is 43.3 Å². The van der Waals surface area contributed by atoms with Crippen LogP contribution in [0.25, 0.3) is 0 Å². The van der Waals surface area contributed by atoms with Crippen LogP contribution in [0, 0.1) is 17.8 Å². The Morgan fingerprint density at radius 2 is 1.36 bits per heavy atom. The van der Waals surface area contributed by atoms with Crippen molar-refractivity contribution in [3.05, 3.63) is 129 Å². The Labute approximate surface area is 423 Å². The van der Waals surface area contributed by atoms with Crippen molar-refractivity contribution in [1.29, 1.82) is 0 Å². The number of carbonyl (C=O) groups is 7. The molecule has 3 aromatic rings. The molecule has 2 heterocycles. The fourth-order valence-corrected chi connectivity index (χ4v) is 9.33. The molecule has 2 fully saturated rings. The minimum Gasteiger partial charge on any atom is -0.467 e. The summed E-state index contributed by atoms with van der Waals surface area (Å²) in [5, 5.41) is 0. The summed E-state index contributed by atoms with van der Waals surface area (Å²) in [4.78, 5) is 100. The molecule has 2 aliphatic rings. The van der Waals surface area contributed by atoms with Crippen molar-refractivity contribution in [2.45, 2.75) is 108 Å². The maximum Gasteiger partial charge on any atom is 0.357 e. The molecule has 2 saturated heterocycles. The number of esters is 7. The smallest absolute Gasteiger partial charge is 0.357 e. The fourth-order valence-electron chi connectivity index (χ4n) is 8.80. The quantitative estimate of drug-likeness (QED) is 0.0425. The second-order valence-electron chi connectivity index (χ2n) is 17.4. The SMILES string of the molecule is C=C(CC[C@]12O[C@H](C(=O)OC)[C@@](OC(=O)c3ccc(Br)cc3)(C(=O)OC)[C@](C(=O)OC)(O1)[C@H](OC(=O)/C=C/C(C)CC(C)CC)[C@H]2OC(=O)c1ccc(Br)cc1)C(OC(C)=O)C(C)Cc1ccccc1. The Morgan fingerprint density at radius 3 is 1.90 bits per heavy atom. The molecule has 3 aromatic carbocycles. The van der Waals surface area contributed by atoms with Gasteiger partial charge in [-0.15, -0.1) is 0 Å². The molecule has 70 heavy (non-hydrogen) atoms. The molecule has 5 rings (SSSR count). The number of allylic oxidation sites excluding steroid dienone is 1. The number of fused-ring (bicyclic) bond motifs is 2. The van der Waals surface area contributed by atoms with Crippen LogP contribution in [0.2, 0.25) is 0 Å². The van der Waals surface area contributed by atoms with Gasteiger partial charge in [-0.2, -0.15) is 0 Å². The van der Waals surface area contributed by atoms with Gasteiger partial charge in [-0.1, -0.05) is 109 Å². The maximum atomic E-state index is 15.1. The lowest BCUT2D eigenvalue weighted by atomic mass is 9.73. The van der Waals surface area contributed by atoms with Crippen molar-refractivity contribution in [2.24, 2.45) is 17.8 Å². The molecule has 0 amide bonds. The molecule has 16 nitrogen and oxygen atoms in total. The molecule has 18 heteroatoms. The molecule has 0 N–H and O–H groups in total. The van der Waals surface area contributed by atoms with Gasteiger partial charge in [0.1, 0.15) is 6.10 Å². The molecular weight excluding hydrogens is 1040 g/mol. The lowest BCUT2D eigenvalue weighted by Gasteiger charge is -2.51. The Morgan fingerprint density at radius 1 is 0.771 bits per heavy atom. The van der Waals surface area contributed by atoms with Crippen LogP contribution in [0.3, 0.4) is 0 Å².